The first-order valence-electron chi connectivity index (χ1n) is 8.35. The largest absolute Gasteiger partial charge is 0.357 e. The first-order chi connectivity index (χ1) is 13.9. The highest BCUT2D eigenvalue weighted by Gasteiger charge is 2.42. The highest BCUT2D eigenvalue weighted by molar-refractivity contribution is 8.00. The average molecular weight is 450 g/mol. The van der Waals surface area contributed by atoms with Crippen LogP contribution in [0.15, 0.2) is 35.2 Å². The molecule has 162 valence electrons. The van der Waals surface area contributed by atoms with Crippen LogP contribution in [0.2, 0.25) is 0 Å². The van der Waals surface area contributed by atoms with Crippen LogP contribution >= 0.6 is 11.8 Å². The number of halogens is 6. The summed E-state index contributed by atoms with van der Waals surface area (Å²) in [5.74, 6) is -3.62. The lowest BCUT2D eigenvalue weighted by atomic mass is 10.1. The molecule has 1 N–H and O–H groups in total. The van der Waals surface area contributed by atoms with Gasteiger partial charge < -0.3 is 0 Å². The van der Waals surface area contributed by atoms with Crippen LogP contribution < -0.4 is 10.2 Å². The van der Waals surface area contributed by atoms with Gasteiger partial charge in [-0.05, 0) is 61.0 Å². The van der Waals surface area contributed by atoms with Crippen LogP contribution in [0.5, 0.6) is 0 Å². The smallest absolute Gasteiger partial charge is 0.297 e. The van der Waals surface area contributed by atoms with Crippen LogP contribution in [-0.4, -0.2) is 30.7 Å². The SMILES string of the molecule is Cc1c(SC(F)(F)C(F)F)ccc(N(C)C(=O)NC(=O)c2c(F)cccc2F)c1C. The number of nitrogens with zero attached hydrogens (tertiary/aromatic N) is 1. The number of hydrogen-bond donors (Lipinski definition) is 1. The van der Waals surface area contributed by atoms with Crippen LogP contribution in [0.3, 0.4) is 0 Å². The maximum Gasteiger partial charge on any atom is 0.357 e. The van der Waals surface area contributed by atoms with Gasteiger partial charge in [-0.15, -0.1) is 0 Å². The maximum atomic E-state index is 13.7. The number of urea groups is 1. The molecule has 0 aromatic heterocycles. The molecule has 0 aliphatic heterocycles. The Morgan fingerprint density at radius 3 is 2.13 bits per heavy atom. The van der Waals surface area contributed by atoms with Crippen LogP contribution in [0.4, 0.5) is 36.8 Å². The van der Waals surface area contributed by atoms with Crippen molar-refractivity contribution in [1.82, 2.24) is 5.32 Å². The summed E-state index contributed by atoms with van der Waals surface area (Å²) < 4.78 is 78.9. The van der Waals surface area contributed by atoms with Crippen molar-refractivity contribution in [3.8, 4) is 0 Å². The molecule has 0 bridgehead atoms. The first kappa shape index (κ1) is 23.6. The van der Waals surface area contributed by atoms with Gasteiger partial charge >= 0.3 is 17.7 Å². The lowest BCUT2D eigenvalue weighted by Crippen LogP contribution is -2.41. The van der Waals surface area contributed by atoms with Crippen molar-refractivity contribution in [2.75, 3.05) is 11.9 Å². The predicted molar refractivity (Wildman–Crippen MR) is 100 cm³/mol. The molecule has 0 unspecified atom stereocenters. The van der Waals surface area contributed by atoms with E-state index in [0.717, 1.165) is 29.2 Å². The Morgan fingerprint density at radius 1 is 1.03 bits per heavy atom. The zero-order valence-electron chi connectivity index (χ0n) is 15.9. The Kier molecular flexibility index (Phi) is 7.06. The molecule has 0 saturated carbocycles. The van der Waals surface area contributed by atoms with Gasteiger partial charge in [-0.1, -0.05) is 6.07 Å². The molecule has 4 nitrogen and oxygen atoms in total. The van der Waals surface area contributed by atoms with Crippen molar-refractivity contribution in [2.24, 2.45) is 0 Å². The lowest BCUT2D eigenvalue weighted by Gasteiger charge is -2.23. The summed E-state index contributed by atoms with van der Waals surface area (Å²) in [4.78, 5) is 25.2. The van der Waals surface area contributed by atoms with Gasteiger partial charge in [0, 0.05) is 17.6 Å². The van der Waals surface area contributed by atoms with E-state index in [9.17, 15) is 35.9 Å². The van der Waals surface area contributed by atoms with Crippen molar-refractivity contribution in [1.29, 1.82) is 0 Å². The molecule has 3 amide bonds. The molecule has 0 heterocycles. The van der Waals surface area contributed by atoms with E-state index in [0.29, 0.717) is 5.56 Å². The molecular weight excluding hydrogens is 434 g/mol. The Balaban J connectivity index is 2.24. The number of rotatable bonds is 5. The van der Waals surface area contributed by atoms with Gasteiger partial charge in [0.2, 0.25) is 0 Å². The van der Waals surface area contributed by atoms with E-state index in [1.165, 1.54) is 27.0 Å². The minimum atomic E-state index is -4.29. The fourth-order valence-electron chi connectivity index (χ4n) is 2.51. The number of amides is 3. The number of anilines is 1. The molecule has 30 heavy (non-hydrogen) atoms. The Morgan fingerprint density at radius 2 is 1.60 bits per heavy atom. The molecule has 0 aliphatic carbocycles. The molecule has 2 aromatic rings. The highest BCUT2D eigenvalue weighted by atomic mass is 32.2. The average Bonchev–Trinajstić information content (AvgIpc) is 2.64. The quantitative estimate of drug-likeness (QED) is 0.482. The second-order valence-corrected chi connectivity index (χ2v) is 7.40. The summed E-state index contributed by atoms with van der Waals surface area (Å²) in [5.41, 5.74) is -0.221. The van der Waals surface area contributed by atoms with Crippen LogP contribution in [0.25, 0.3) is 0 Å². The van der Waals surface area contributed by atoms with Gasteiger partial charge in [-0.3, -0.25) is 15.0 Å². The normalized spacial score (nSPS) is 11.5. The molecule has 11 heteroatoms. The van der Waals surface area contributed by atoms with Gasteiger partial charge in [0.1, 0.15) is 17.2 Å². The van der Waals surface area contributed by atoms with Crippen molar-refractivity contribution in [2.45, 2.75) is 30.4 Å². The Labute approximate surface area is 172 Å². The third-order valence-electron chi connectivity index (χ3n) is 4.29. The number of carbonyl (C=O) groups is 2. The number of carbonyl (C=O) groups excluding carboxylic acids is 2. The van der Waals surface area contributed by atoms with E-state index in [2.05, 4.69) is 0 Å². The number of imide groups is 1. The number of benzene rings is 2. The van der Waals surface area contributed by atoms with Gasteiger partial charge in [0.15, 0.2) is 0 Å². The molecular formula is C19H16F6N2O2S. The van der Waals surface area contributed by atoms with Crippen molar-refractivity contribution < 1.29 is 35.9 Å². The second kappa shape index (κ2) is 8.99. The minimum absolute atomic E-state index is 0.111. The Hall–Kier alpha value is -2.69. The maximum absolute atomic E-state index is 13.7. The van der Waals surface area contributed by atoms with Crippen LogP contribution in [0, 0.1) is 25.5 Å². The number of thioether (sulfide) groups is 1. The summed E-state index contributed by atoms with van der Waals surface area (Å²) in [6, 6.07) is 4.10. The fraction of sp³-hybridized carbons (Fsp3) is 0.263. The molecule has 0 radical (unpaired) electrons. The molecule has 0 aliphatic rings. The van der Waals surface area contributed by atoms with E-state index in [1.807, 2.05) is 5.32 Å². The molecule has 2 rings (SSSR count). The number of hydrogen-bond acceptors (Lipinski definition) is 3. The number of alkyl halides is 4. The summed E-state index contributed by atoms with van der Waals surface area (Å²) in [7, 11) is 1.24. The lowest BCUT2D eigenvalue weighted by molar-refractivity contribution is -0.0563. The van der Waals surface area contributed by atoms with Crippen LogP contribution in [-0.2, 0) is 0 Å². The van der Waals surface area contributed by atoms with E-state index in [1.54, 1.807) is 0 Å². The summed E-state index contributed by atoms with van der Waals surface area (Å²) in [5, 5.41) is -2.46. The van der Waals surface area contributed by atoms with Crippen molar-refractivity contribution in [3.05, 3.63) is 58.7 Å². The topological polar surface area (TPSA) is 49.4 Å². The molecule has 0 spiro atoms. The van der Waals surface area contributed by atoms with Crippen molar-refractivity contribution >= 4 is 29.4 Å². The van der Waals surface area contributed by atoms with Crippen molar-refractivity contribution in [3.63, 3.8) is 0 Å². The van der Waals surface area contributed by atoms with Gasteiger partial charge in [0.25, 0.3) is 5.91 Å². The highest BCUT2D eigenvalue weighted by Crippen LogP contribution is 2.43. The van der Waals surface area contributed by atoms with Crippen LogP contribution in [0.1, 0.15) is 21.5 Å². The fourth-order valence-corrected chi connectivity index (χ4v) is 3.34. The third kappa shape index (κ3) is 4.89. The summed E-state index contributed by atoms with van der Waals surface area (Å²) in [6.45, 7) is 2.88. The number of nitrogens with one attached hydrogen (secondary N) is 1. The summed E-state index contributed by atoms with van der Waals surface area (Å²) >= 11 is -0.305. The molecule has 0 atom stereocenters. The molecule has 0 saturated heterocycles. The zero-order valence-corrected chi connectivity index (χ0v) is 16.7. The molecule has 0 fully saturated rings. The minimum Gasteiger partial charge on any atom is -0.297 e. The van der Waals surface area contributed by atoms with E-state index in [4.69, 9.17) is 0 Å². The summed E-state index contributed by atoms with van der Waals surface area (Å²) in [6.07, 6.45) is -3.86. The van der Waals surface area contributed by atoms with Gasteiger partial charge in [-0.25, -0.2) is 22.4 Å². The standard InChI is InChI=1S/C19H16F6N2O2S/c1-9-10(2)14(30-19(24,25)17(22)23)8-7-13(9)27(3)18(29)26-16(28)15-11(20)5-4-6-12(15)21/h4-8,17H,1-3H3,(H,26,28,29). The molecule has 2 aromatic carbocycles. The predicted octanol–water partition coefficient (Wildman–Crippen LogP) is 5.52. The Bertz CT molecular complexity index is 963. The van der Waals surface area contributed by atoms with E-state index in [-0.39, 0.29) is 27.9 Å². The van der Waals surface area contributed by atoms with Gasteiger partial charge in [-0.2, -0.15) is 8.78 Å². The zero-order chi connectivity index (χ0) is 22.8. The second-order valence-electron chi connectivity index (χ2n) is 6.21. The van der Waals surface area contributed by atoms with E-state index >= 15 is 0 Å². The first-order valence-corrected chi connectivity index (χ1v) is 9.16. The third-order valence-corrected chi connectivity index (χ3v) is 5.40. The monoisotopic (exact) mass is 450 g/mol. The van der Waals surface area contributed by atoms with Gasteiger partial charge in [0.05, 0.1) is 0 Å². The van der Waals surface area contributed by atoms with E-state index < -0.39 is 40.8 Å².